The van der Waals surface area contributed by atoms with E-state index in [4.69, 9.17) is 0 Å². The summed E-state index contributed by atoms with van der Waals surface area (Å²) >= 11 is 0. The fourth-order valence-corrected chi connectivity index (χ4v) is 8.13. The summed E-state index contributed by atoms with van der Waals surface area (Å²) in [7, 11) is 0. The normalized spacial score (nSPS) is 46.4. The van der Waals surface area contributed by atoms with Crippen LogP contribution in [0.5, 0.6) is 0 Å². The highest BCUT2D eigenvalue weighted by molar-refractivity contribution is 5.81. The van der Waals surface area contributed by atoms with Crippen LogP contribution >= 0.6 is 0 Å². The number of carbonyl (C=O) groups is 1. The maximum atomic E-state index is 13.1. The molecule has 29 heavy (non-hydrogen) atoms. The van der Waals surface area contributed by atoms with Crippen LogP contribution in [0.4, 0.5) is 0 Å². The van der Waals surface area contributed by atoms with Crippen LogP contribution in [0.2, 0.25) is 0 Å². The number of ketones is 1. The lowest BCUT2D eigenvalue weighted by Crippen LogP contribution is -2.51. The van der Waals surface area contributed by atoms with E-state index in [0.29, 0.717) is 11.8 Å². The van der Waals surface area contributed by atoms with E-state index in [-0.39, 0.29) is 23.7 Å². The number of hydrogen-bond acceptors (Lipinski definition) is 5. The average molecular weight is 399 g/mol. The zero-order chi connectivity index (χ0) is 20.2. The fraction of sp³-hybridized carbons (Fsp3) is 0.826. The van der Waals surface area contributed by atoms with Gasteiger partial charge in [0, 0.05) is 5.92 Å². The first-order chi connectivity index (χ1) is 13.9. The van der Waals surface area contributed by atoms with Crippen LogP contribution in [0.25, 0.3) is 0 Å². The van der Waals surface area contributed by atoms with Gasteiger partial charge in [0.2, 0.25) is 0 Å². The molecule has 0 aliphatic heterocycles. The number of tetrazole rings is 1. The molecule has 6 nitrogen and oxygen atoms in total. The van der Waals surface area contributed by atoms with Crippen molar-refractivity contribution in [1.82, 2.24) is 20.2 Å². The van der Waals surface area contributed by atoms with E-state index in [1.54, 1.807) is 6.08 Å². The van der Waals surface area contributed by atoms with E-state index in [0.717, 1.165) is 49.9 Å². The van der Waals surface area contributed by atoms with Gasteiger partial charge in [0.25, 0.3) is 0 Å². The molecule has 1 aromatic heterocycles. The van der Waals surface area contributed by atoms with Crippen LogP contribution in [0.3, 0.4) is 0 Å². The second-order valence-electron chi connectivity index (χ2n) is 10.6. The Balaban J connectivity index is 1.31. The number of fused-ring (bicyclic) bond motifs is 5. The van der Waals surface area contributed by atoms with Crippen molar-refractivity contribution in [2.24, 2.45) is 40.9 Å². The quantitative estimate of drug-likeness (QED) is 0.786. The summed E-state index contributed by atoms with van der Waals surface area (Å²) < 4.78 is 0. The fourth-order valence-electron chi connectivity index (χ4n) is 8.13. The summed E-state index contributed by atoms with van der Waals surface area (Å²) in [5, 5.41) is 22.4. The van der Waals surface area contributed by atoms with E-state index in [2.05, 4.69) is 28.9 Å². The molecule has 4 saturated carbocycles. The van der Waals surface area contributed by atoms with Gasteiger partial charge in [-0.05, 0) is 98.0 Å². The summed E-state index contributed by atoms with van der Waals surface area (Å²) in [6.45, 7) is 6.53. The third-order valence-corrected chi connectivity index (χ3v) is 9.50. The zero-order valence-electron chi connectivity index (χ0n) is 17.5. The van der Waals surface area contributed by atoms with Crippen LogP contribution in [-0.4, -0.2) is 36.7 Å². The van der Waals surface area contributed by atoms with E-state index >= 15 is 0 Å². The van der Waals surface area contributed by atoms with Crippen molar-refractivity contribution in [3.63, 3.8) is 0 Å². The van der Waals surface area contributed by atoms with Crippen LogP contribution in [-0.2, 0) is 11.3 Å². The predicted octanol–water partition coefficient (Wildman–Crippen LogP) is 3.43. The van der Waals surface area contributed by atoms with Gasteiger partial charge in [0.1, 0.15) is 6.54 Å². The molecule has 0 saturated heterocycles. The summed E-state index contributed by atoms with van der Waals surface area (Å²) in [6.07, 6.45) is 13.2. The molecule has 0 aromatic carbocycles. The lowest BCUT2D eigenvalue weighted by Gasteiger charge is -2.56. The van der Waals surface area contributed by atoms with E-state index in [1.807, 2.05) is 0 Å². The van der Waals surface area contributed by atoms with Crippen LogP contribution < -0.4 is 0 Å². The molecular weight excluding hydrogens is 364 g/mol. The minimum atomic E-state index is -0.641. The van der Waals surface area contributed by atoms with Gasteiger partial charge in [-0.1, -0.05) is 13.0 Å². The molecule has 1 heterocycles. The monoisotopic (exact) mass is 398 g/mol. The van der Waals surface area contributed by atoms with Gasteiger partial charge in [-0.25, -0.2) is 0 Å². The first-order valence-electron chi connectivity index (χ1n) is 11.5. The third-order valence-electron chi connectivity index (χ3n) is 9.50. The Morgan fingerprint density at radius 1 is 1.17 bits per heavy atom. The standard InChI is InChI=1S/C23H34N4O2/c1-3-23(29)11-9-16-15(12-23)4-5-18-17(16)8-10-22(2)19(18)6-7-20(22)21(28)13-27-25-14-24-26-27/h3,14-20,29H,1,4-13H2,2H3/t15-,16+,17-,18-,19+,20-,22+,23-/m1/s1. The molecule has 0 spiro atoms. The highest BCUT2D eigenvalue weighted by Crippen LogP contribution is 2.64. The number of carbonyl (C=O) groups excluding carboxylic acids is 1. The Bertz CT molecular complexity index is 780. The summed E-state index contributed by atoms with van der Waals surface area (Å²) in [4.78, 5) is 14.5. The third kappa shape index (κ3) is 3.09. The molecule has 0 radical (unpaired) electrons. The van der Waals surface area contributed by atoms with E-state index in [9.17, 15) is 9.90 Å². The Morgan fingerprint density at radius 3 is 2.76 bits per heavy atom. The molecule has 158 valence electrons. The van der Waals surface area contributed by atoms with Gasteiger partial charge in [-0.15, -0.1) is 16.8 Å². The number of Topliss-reactive ketones (excluding diaryl/α,β-unsaturated/α-hetero) is 1. The summed E-state index contributed by atoms with van der Waals surface area (Å²) in [5.74, 6) is 4.03. The van der Waals surface area contributed by atoms with Gasteiger partial charge in [-0.2, -0.15) is 4.80 Å². The minimum Gasteiger partial charge on any atom is -0.386 e. The number of aromatic nitrogens is 4. The van der Waals surface area contributed by atoms with Crippen molar-refractivity contribution in [2.45, 2.75) is 76.9 Å². The first kappa shape index (κ1) is 19.4. The van der Waals surface area contributed by atoms with Crippen molar-refractivity contribution >= 4 is 5.78 Å². The molecule has 4 aliphatic carbocycles. The lowest BCUT2D eigenvalue weighted by molar-refractivity contribution is -0.132. The highest BCUT2D eigenvalue weighted by atomic mass is 16.3. The molecule has 8 atom stereocenters. The van der Waals surface area contributed by atoms with Crippen molar-refractivity contribution in [3.8, 4) is 0 Å². The molecule has 4 fully saturated rings. The topological polar surface area (TPSA) is 80.9 Å². The number of aliphatic hydroxyl groups is 1. The molecule has 6 heteroatoms. The Kier molecular flexibility index (Phi) is 4.68. The van der Waals surface area contributed by atoms with Gasteiger partial charge >= 0.3 is 0 Å². The molecule has 0 amide bonds. The molecular formula is C23H34N4O2. The zero-order valence-corrected chi connectivity index (χ0v) is 17.5. The molecule has 4 aliphatic rings. The van der Waals surface area contributed by atoms with Gasteiger partial charge in [-0.3, -0.25) is 4.79 Å². The molecule has 5 rings (SSSR count). The molecule has 1 N–H and O–H groups in total. The Labute approximate surface area is 173 Å². The van der Waals surface area contributed by atoms with Gasteiger partial charge in [0.15, 0.2) is 12.1 Å². The van der Waals surface area contributed by atoms with Crippen LogP contribution in [0, 0.1) is 40.9 Å². The molecule has 1 aromatic rings. The number of nitrogens with zero attached hydrogens (tertiary/aromatic N) is 4. The van der Waals surface area contributed by atoms with Crippen LogP contribution in [0.1, 0.15) is 64.7 Å². The molecule has 0 unspecified atom stereocenters. The number of hydrogen-bond donors (Lipinski definition) is 1. The summed E-state index contributed by atoms with van der Waals surface area (Å²) in [5.41, 5.74) is -0.514. The molecule has 0 bridgehead atoms. The predicted molar refractivity (Wildman–Crippen MR) is 109 cm³/mol. The Morgan fingerprint density at radius 2 is 2.00 bits per heavy atom. The van der Waals surface area contributed by atoms with E-state index in [1.165, 1.54) is 36.8 Å². The second kappa shape index (κ2) is 7.00. The minimum absolute atomic E-state index is 0.127. The summed E-state index contributed by atoms with van der Waals surface area (Å²) in [6, 6.07) is 0. The van der Waals surface area contributed by atoms with E-state index < -0.39 is 5.60 Å². The van der Waals surface area contributed by atoms with Crippen LogP contribution in [0.15, 0.2) is 19.0 Å². The number of rotatable bonds is 4. The SMILES string of the molecule is C=C[C@@]1(O)CC[C@H]2[C@H](CC[C@@H]3[C@@H]2CC[C@]2(C)[C@@H](C(=O)Cn4ncnn4)CC[C@@H]32)C1. The second-order valence-corrected chi connectivity index (χ2v) is 10.6. The van der Waals surface area contributed by atoms with Crippen molar-refractivity contribution in [1.29, 1.82) is 0 Å². The highest BCUT2D eigenvalue weighted by Gasteiger charge is 2.58. The Hall–Kier alpha value is -1.56. The first-order valence-corrected chi connectivity index (χ1v) is 11.5. The van der Waals surface area contributed by atoms with Gasteiger partial charge in [0.05, 0.1) is 5.60 Å². The largest absolute Gasteiger partial charge is 0.386 e. The average Bonchev–Trinajstić information content (AvgIpc) is 3.34. The van der Waals surface area contributed by atoms with Crippen molar-refractivity contribution in [3.05, 3.63) is 19.0 Å². The van der Waals surface area contributed by atoms with Gasteiger partial charge < -0.3 is 5.11 Å². The maximum Gasteiger partial charge on any atom is 0.162 e. The van der Waals surface area contributed by atoms with Crippen molar-refractivity contribution < 1.29 is 9.90 Å². The maximum absolute atomic E-state index is 13.1. The smallest absolute Gasteiger partial charge is 0.162 e. The van der Waals surface area contributed by atoms with Crippen molar-refractivity contribution in [2.75, 3.05) is 0 Å². The lowest BCUT2D eigenvalue weighted by atomic mass is 9.49.